The monoisotopic (exact) mass is 496 g/mol. The second-order valence-electron chi connectivity index (χ2n) is 8.69. The Morgan fingerprint density at radius 2 is 1.92 bits per heavy atom. The van der Waals surface area contributed by atoms with E-state index in [1.807, 2.05) is 18.3 Å². The van der Waals surface area contributed by atoms with E-state index in [1.165, 1.54) is 19.1 Å². The molecule has 0 fully saturated rings. The maximum absolute atomic E-state index is 14.4. The summed E-state index contributed by atoms with van der Waals surface area (Å²) in [7, 11) is 0. The Morgan fingerprint density at radius 3 is 2.72 bits per heavy atom. The van der Waals surface area contributed by atoms with Gasteiger partial charge in [0, 0.05) is 63.4 Å². The minimum Gasteiger partial charge on any atom is -0.345 e. The Kier molecular flexibility index (Phi) is 5.38. The second-order valence-corrected chi connectivity index (χ2v) is 9.75. The molecule has 0 saturated heterocycles. The van der Waals surface area contributed by atoms with Crippen LogP contribution in [0.5, 0.6) is 0 Å². The van der Waals surface area contributed by atoms with Crippen molar-refractivity contribution < 1.29 is 14.0 Å². The molecule has 0 radical (unpaired) electrons. The zero-order valence-corrected chi connectivity index (χ0v) is 20.2. The number of carbonyl (C=O) groups is 2. The largest absolute Gasteiger partial charge is 0.345 e. The number of aromatic nitrogens is 2. The fourth-order valence-corrected chi connectivity index (χ4v) is 5.95. The molecular weight excluding hydrogens is 475 g/mol. The van der Waals surface area contributed by atoms with E-state index in [0.29, 0.717) is 29.9 Å². The topological polar surface area (TPSA) is 78.1 Å². The van der Waals surface area contributed by atoms with E-state index >= 15 is 0 Å². The van der Waals surface area contributed by atoms with Crippen LogP contribution in [0.15, 0.2) is 73.1 Å². The number of aromatic amines is 1. The number of H-pyrrole nitrogens is 1. The van der Waals surface area contributed by atoms with Gasteiger partial charge in [-0.25, -0.2) is 9.37 Å². The summed E-state index contributed by atoms with van der Waals surface area (Å²) in [4.78, 5) is 36.3. The summed E-state index contributed by atoms with van der Waals surface area (Å²) in [5.74, 6) is -0.787. The highest BCUT2D eigenvalue weighted by Gasteiger charge is 2.28. The number of halogens is 1. The van der Waals surface area contributed by atoms with Crippen molar-refractivity contribution in [3.8, 4) is 20.9 Å². The normalized spacial score (nSPS) is 12.7. The maximum atomic E-state index is 14.4. The van der Waals surface area contributed by atoms with Crippen LogP contribution in [0.4, 0.5) is 15.8 Å². The fourth-order valence-electron chi connectivity index (χ4n) is 4.67. The summed E-state index contributed by atoms with van der Waals surface area (Å²) < 4.78 is 14.4. The predicted molar refractivity (Wildman–Crippen MR) is 141 cm³/mol. The first-order chi connectivity index (χ1) is 17.5. The molecule has 0 aliphatic carbocycles. The molecule has 2 amide bonds. The summed E-state index contributed by atoms with van der Waals surface area (Å²) in [6.45, 7) is 1.85. The molecule has 3 aromatic heterocycles. The number of pyridine rings is 1. The molecule has 6 rings (SSSR count). The molecule has 1 aliphatic rings. The molecule has 36 heavy (non-hydrogen) atoms. The van der Waals surface area contributed by atoms with E-state index in [0.717, 1.165) is 37.5 Å². The van der Waals surface area contributed by atoms with Crippen LogP contribution in [0.25, 0.3) is 31.9 Å². The van der Waals surface area contributed by atoms with Crippen LogP contribution in [-0.4, -0.2) is 28.3 Å². The van der Waals surface area contributed by atoms with Gasteiger partial charge in [-0.05, 0) is 72.6 Å². The molecule has 2 N–H and O–H groups in total. The number of hydrogen-bond donors (Lipinski definition) is 2. The Hall–Kier alpha value is -4.30. The Labute approximate surface area is 210 Å². The van der Waals surface area contributed by atoms with E-state index in [9.17, 15) is 14.0 Å². The van der Waals surface area contributed by atoms with Gasteiger partial charge < -0.3 is 15.2 Å². The molecule has 4 heterocycles. The molecular formula is C28H21FN4O2S. The lowest BCUT2D eigenvalue weighted by Crippen LogP contribution is -2.32. The predicted octanol–water partition coefficient (Wildman–Crippen LogP) is 6.26. The molecule has 0 bridgehead atoms. The summed E-state index contributed by atoms with van der Waals surface area (Å²) in [5, 5.41) is 3.75. The van der Waals surface area contributed by atoms with Gasteiger partial charge in [0.15, 0.2) is 0 Å². The molecule has 0 saturated carbocycles. The third-order valence-electron chi connectivity index (χ3n) is 6.32. The number of nitrogens with one attached hydrogen (secondary N) is 2. The number of amides is 2. The van der Waals surface area contributed by atoms with Gasteiger partial charge in [0.25, 0.3) is 5.91 Å². The lowest BCUT2D eigenvalue weighted by atomic mass is 10.1. The molecule has 0 unspecified atom stereocenters. The Balaban J connectivity index is 1.39. The van der Waals surface area contributed by atoms with Gasteiger partial charge in [-0.1, -0.05) is 0 Å². The number of rotatable bonds is 3. The maximum Gasteiger partial charge on any atom is 0.258 e. The van der Waals surface area contributed by atoms with Gasteiger partial charge in [-0.3, -0.25) is 9.59 Å². The zero-order chi connectivity index (χ0) is 24.8. The van der Waals surface area contributed by atoms with E-state index in [2.05, 4.69) is 21.4 Å². The summed E-state index contributed by atoms with van der Waals surface area (Å²) in [5.41, 5.74) is 5.50. The molecule has 2 aromatic carbocycles. The Bertz CT molecular complexity index is 1640. The first-order valence-electron chi connectivity index (χ1n) is 11.5. The van der Waals surface area contributed by atoms with Crippen molar-refractivity contribution in [2.24, 2.45) is 0 Å². The molecule has 5 aromatic rings. The molecule has 6 nitrogen and oxygen atoms in total. The smallest absolute Gasteiger partial charge is 0.258 e. The van der Waals surface area contributed by atoms with Crippen LogP contribution in [0.3, 0.4) is 0 Å². The SMILES string of the molecule is CC(=O)Nc1ccc(C(=O)N2CCc3cc(-c4c[nH]c5ncccc45)sc3-c3ccc(F)cc32)cc1. The fraction of sp³-hybridized carbons (Fsp3) is 0.107. The van der Waals surface area contributed by atoms with Crippen molar-refractivity contribution in [1.29, 1.82) is 0 Å². The number of benzene rings is 2. The van der Waals surface area contributed by atoms with Gasteiger partial charge in [0.1, 0.15) is 11.5 Å². The highest BCUT2D eigenvalue weighted by Crippen LogP contribution is 2.45. The van der Waals surface area contributed by atoms with E-state index in [4.69, 9.17) is 0 Å². The van der Waals surface area contributed by atoms with Crippen molar-refractivity contribution in [3.63, 3.8) is 0 Å². The highest BCUT2D eigenvalue weighted by atomic mass is 32.1. The molecule has 178 valence electrons. The van der Waals surface area contributed by atoms with Crippen LogP contribution >= 0.6 is 11.3 Å². The van der Waals surface area contributed by atoms with Crippen molar-refractivity contribution in [1.82, 2.24) is 9.97 Å². The van der Waals surface area contributed by atoms with Crippen LogP contribution < -0.4 is 10.2 Å². The number of anilines is 2. The van der Waals surface area contributed by atoms with Crippen molar-refractivity contribution in [2.75, 3.05) is 16.8 Å². The average Bonchev–Trinajstić information content (AvgIpc) is 3.45. The van der Waals surface area contributed by atoms with Crippen molar-refractivity contribution in [3.05, 3.63) is 90.0 Å². The number of nitrogens with zero attached hydrogens (tertiary/aromatic N) is 2. The van der Waals surface area contributed by atoms with E-state index in [1.54, 1.807) is 52.8 Å². The highest BCUT2D eigenvalue weighted by molar-refractivity contribution is 7.19. The van der Waals surface area contributed by atoms with Gasteiger partial charge in [-0.2, -0.15) is 0 Å². The van der Waals surface area contributed by atoms with Crippen LogP contribution in [0, 0.1) is 5.82 Å². The van der Waals surface area contributed by atoms with Crippen LogP contribution in [-0.2, 0) is 11.2 Å². The van der Waals surface area contributed by atoms with Crippen molar-refractivity contribution in [2.45, 2.75) is 13.3 Å². The standard InChI is InChI=1S/C28H21FN4O2S/c1-16(34)32-20-7-4-17(5-8-20)28(35)33-12-10-18-13-25(23-15-31-27-21(23)3-2-11-30-27)36-26(18)22-9-6-19(29)14-24(22)33/h2-9,11,13-15H,10,12H2,1H3,(H,30,31)(H,32,34). The summed E-state index contributed by atoms with van der Waals surface area (Å²) >= 11 is 1.64. The number of hydrogen-bond acceptors (Lipinski definition) is 4. The zero-order valence-electron chi connectivity index (χ0n) is 19.3. The summed E-state index contributed by atoms with van der Waals surface area (Å²) in [6.07, 6.45) is 4.36. The minimum atomic E-state index is -0.393. The first kappa shape index (κ1) is 22.2. The summed E-state index contributed by atoms with van der Waals surface area (Å²) in [6, 6.07) is 17.5. The minimum absolute atomic E-state index is 0.180. The van der Waals surface area contributed by atoms with E-state index in [-0.39, 0.29) is 11.8 Å². The van der Waals surface area contributed by atoms with Gasteiger partial charge in [0.05, 0.1) is 5.69 Å². The third kappa shape index (κ3) is 3.85. The average molecular weight is 497 g/mol. The quantitative estimate of drug-likeness (QED) is 0.310. The number of thiophene rings is 1. The molecule has 0 spiro atoms. The second kappa shape index (κ2) is 8.73. The van der Waals surface area contributed by atoms with Crippen molar-refractivity contribution >= 4 is 45.6 Å². The molecule has 1 aliphatic heterocycles. The van der Waals surface area contributed by atoms with E-state index < -0.39 is 5.82 Å². The first-order valence-corrected chi connectivity index (χ1v) is 12.3. The Morgan fingerprint density at radius 1 is 1.08 bits per heavy atom. The lowest BCUT2D eigenvalue weighted by molar-refractivity contribution is -0.114. The third-order valence-corrected chi connectivity index (χ3v) is 7.57. The van der Waals surface area contributed by atoms with Crippen LogP contribution in [0.1, 0.15) is 22.8 Å². The molecule has 0 atom stereocenters. The van der Waals surface area contributed by atoms with Gasteiger partial charge >= 0.3 is 0 Å². The number of fused-ring (bicyclic) bond motifs is 4. The molecule has 8 heteroatoms. The van der Waals surface area contributed by atoms with Gasteiger partial charge in [0.2, 0.25) is 5.91 Å². The lowest BCUT2D eigenvalue weighted by Gasteiger charge is -2.23. The van der Waals surface area contributed by atoms with Crippen LogP contribution in [0.2, 0.25) is 0 Å². The number of carbonyl (C=O) groups excluding carboxylic acids is 2. The van der Waals surface area contributed by atoms with Gasteiger partial charge in [-0.15, -0.1) is 11.3 Å².